The van der Waals surface area contributed by atoms with E-state index in [4.69, 9.17) is 0 Å². The van der Waals surface area contributed by atoms with Gasteiger partial charge in [0.15, 0.2) is 0 Å². The Morgan fingerprint density at radius 3 is 2.06 bits per heavy atom. The SMILES string of the molecule is C[C@@H](NC(=O)C1CCC1)C(=O)N[C@H](C)C(C)(C)C. The van der Waals surface area contributed by atoms with Gasteiger partial charge in [0.05, 0.1) is 0 Å². The number of nitrogens with one attached hydrogen (secondary N) is 2. The highest BCUT2D eigenvalue weighted by Gasteiger charge is 2.29. The van der Waals surface area contributed by atoms with Gasteiger partial charge in [0.1, 0.15) is 6.04 Å². The molecule has 0 aromatic carbocycles. The van der Waals surface area contributed by atoms with Crippen molar-refractivity contribution in [2.75, 3.05) is 0 Å². The van der Waals surface area contributed by atoms with E-state index in [1.807, 2.05) is 6.92 Å². The van der Waals surface area contributed by atoms with Crippen LogP contribution in [-0.2, 0) is 9.59 Å². The fourth-order valence-corrected chi connectivity index (χ4v) is 1.62. The summed E-state index contributed by atoms with van der Waals surface area (Å²) in [6, 6.07) is -0.379. The number of hydrogen-bond donors (Lipinski definition) is 2. The fraction of sp³-hybridized carbons (Fsp3) is 0.857. The summed E-state index contributed by atoms with van der Waals surface area (Å²) in [5.41, 5.74) is 0.0212. The Labute approximate surface area is 110 Å². The highest BCUT2D eigenvalue weighted by molar-refractivity contribution is 5.88. The number of amides is 2. The summed E-state index contributed by atoms with van der Waals surface area (Å²) < 4.78 is 0. The molecule has 0 saturated heterocycles. The second kappa shape index (κ2) is 5.72. The number of hydrogen-bond acceptors (Lipinski definition) is 2. The van der Waals surface area contributed by atoms with Crippen molar-refractivity contribution in [2.45, 2.75) is 66.0 Å². The summed E-state index contributed by atoms with van der Waals surface area (Å²) in [6.45, 7) is 9.96. The summed E-state index contributed by atoms with van der Waals surface area (Å²) in [4.78, 5) is 23.7. The lowest BCUT2D eigenvalue weighted by Gasteiger charge is -2.30. The van der Waals surface area contributed by atoms with E-state index in [1.165, 1.54) is 0 Å². The van der Waals surface area contributed by atoms with Crippen molar-refractivity contribution < 1.29 is 9.59 Å². The third-order valence-electron chi connectivity index (χ3n) is 3.89. The zero-order valence-corrected chi connectivity index (χ0v) is 12.2. The molecule has 1 fully saturated rings. The van der Waals surface area contributed by atoms with Gasteiger partial charge in [-0.05, 0) is 32.1 Å². The molecule has 4 heteroatoms. The molecule has 0 aromatic rings. The van der Waals surface area contributed by atoms with Crippen molar-refractivity contribution in [3.05, 3.63) is 0 Å². The molecule has 2 atom stereocenters. The molecule has 1 aliphatic rings. The first kappa shape index (κ1) is 15.0. The van der Waals surface area contributed by atoms with Crippen LogP contribution in [0.2, 0.25) is 0 Å². The summed E-state index contributed by atoms with van der Waals surface area (Å²) in [7, 11) is 0. The van der Waals surface area contributed by atoms with E-state index in [9.17, 15) is 9.59 Å². The van der Waals surface area contributed by atoms with E-state index in [0.717, 1.165) is 19.3 Å². The first-order chi connectivity index (χ1) is 8.21. The molecule has 4 nitrogen and oxygen atoms in total. The highest BCUT2D eigenvalue weighted by Crippen LogP contribution is 2.26. The van der Waals surface area contributed by atoms with Crippen LogP contribution in [0.25, 0.3) is 0 Å². The van der Waals surface area contributed by atoms with Gasteiger partial charge in [-0.2, -0.15) is 0 Å². The normalized spacial score (nSPS) is 19.6. The first-order valence-electron chi connectivity index (χ1n) is 6.82. The molecule has 0 bridgehead atoms. The van der Waals surface area contributed by atoms with Crippen LogP contribution in [0.3, 0.4) is 0 Å². The molecule has 0 heterocycles. The van der Waals surface area contributed by atoms with E-state index < -0.39 is 6.04 Å². The predicted molar refractivity (Wildman–Crippen MR) is 72.0 cm³/mol. The lowest BCUT2D eigenvalue weighted by molar-refractivity contribution is -0.132. The average molecular weight is 254 g/mol. The fourth-order valence-electron chi connectivity index (χ4n) is 1.62. The standard InChI is InChI=1S/C14H26N2O2/c1-9(15-13(18)11-7-6-8-11)12(17)16-10(2)14(3,4)5/h9-11H,6-8H2,1-5H3,(H,15,18)(H,16,17)/t9-,10-/m1/s1. The molecule has 2 amide bonds. The summed E-state index contributed by atoms with van der Waals surface area (Å²) in [6.07, 6.45) is 3.04. The second-order valence-electron chi connectivity index (χ2n) is 6.45. The first-order valence-corrected chi connectivity index (χ1v) is 6.82. The molecule has 1 aliphatic carbocycles. The third-order valence-corrected chi connectivity index (χ3v) is 3.89. The molecule has 2 N–H and O–H groups in total. The van der Waals surface area contributed by atoms with Crippen molar-refractivity contribution in [1.29, 1.82) is 0 Å². The molecule has 0 aliphatic heterocycles. The molecular weight excluding hydrogens is 228 g/mol. The van der Waals surface area contributed by atoms with E-state index in [0.29, 0.717) is 0 Å². The van der Waals surface area contributed by atoms with E-state index in [-0.39, 0.29) is 29.2 Å². The number of carbonyl (C=O) groups excluding carboxylic acids is 2. The van der Waals surface area contributed by atoms with Crippen molar-refractivity contribution in [3.63, 3.8) is 0 Å². The monoisotopic (exact) mass is 254 g/mol. The third kappa shape index (κ3) is 4.00. The molecular formula is C14H26N2O2. The predicted octanol–water partition coefficient (Wildman–Crippen LogP) is 1.84. The quantitative estimate of drug-likeness (QED) is 0.804. The Morgan fingerprint density at radius 1 is 1.11 bits per heavy atom. The van der Waals surface area contributed by atoms with E-state index in [2.05, 4.69) is 31.4 Å². The minimum Gasteiger partial charge on any atom is -0.351 e. The van der Waals surface area contributed by atoms with Gasteiger partial charge in [0, 0.05) is 12.0 Å². The lowest BCUT2D eigenvalue weighted by atomic mass is 9.84. The Bertz CT molecular complexity index is 316. The van der Waals surface area contributed by atoms with Gasteiger partial charge in [0.2, 0.25) is 11.8 Å². The molecule has 0 spiro atoms. The molecule has 1 rings (SSSR count). The number of carbonyl (C=O) groups is 2. The van der Waals surface area contributed by atoms with Crippen LogP contribution < -0.4 is 10.6 Å². The molecule has 1 saturated carbocycles. The Kier molecular flexibility index (Phi) is 4.77. The maximum atomic E-state index is 11.9. The average Bonchev–Trinajstić information content (AvgIpc) is 2.12. The van der Waals surface area contributed by atoms with Crippen molar-refractivity contribution >= 4 is 11.8 Å². The Hall–Kier alpha value is -1.06. The topological polar surface area (TPSA) is 58.2 Å². The van der Waals surface area contributed by atoms with Gasteiger partial charge in [-0.3, -0.25) is 9.59 Å². The molecule has 0 aromatic heterocycles. The lowest BCUT2D eigenvalue weighted by Crippen LogP contribution is -2.51. The number of rotatable bonds is 4. The van der Waals surface area contributed by atoms with Gasteiger partial charge in [-0.25, -0.2) is 0 Å². The minimum atomic E-state index is -0.456. The van der Waals surface area contributed by atoms with Gasteiger partial charge >= 0.3 is 0 Å². The molecule has 18 heavy (non-hydrogen) atoms. The maximum Gasteiger partial charge on any atom is 0.242 e. The maximum absolute atomic E-state index is 11.9. The largest absolute Gasteiger partial charge is 0.351 e. The summed E-state index contributed by atoms with van der Waals surface area (Å²) >= 11 is 0. The van der Waals surface area contributed by atoms with Crippen LogP contribution in [0.15, 0.2) is 0 Å². The molecule has 0 unspecified atom stereocenters. The Morgan fingerprint density at radius 2 is 1.67 bits per heavy atom. The molecule has 0 radical (unpaired) electrons. The van der Waals surface area contributed by atoms with Gasteiger partial charge in [0.25, 0.3) is 0 Å². The van der Waals surface area contributed by atoms with Crippen molar-refractivity contribution in [1.82, 2.24) is 10.6 Å². The zero-order chi connectivity index (χ0) is 13.9. The van der Waals surface area contributed by atoms with Crippen LogP contribution in [0.5, 0.6) is 0 Å². The van der Waals surface area contributed by atoms with Gasteiger partial charge in [-0.15, -0.1) is 0 Å². The van der Waals surface area contributed by atoms with Gasteiger partial charge in [-0.1, -0.05) is 27.2 Å². The summed E-state index contributed by atoms with van der Waals surface area (Å²) in [5, 5.41) is 5.73. The van der Waals surface area contributed by atoms with Crippen LogP contribution in [0.1, 0.15) is 53.9 Å². The van der Waals surface area contributed by atoms with E-state index in [1.54, 1.807) is 6.92 Å². The molecule has 104 valence electrons. The minimum absolute atomic E-state index is 0.0207. The van der Waals surface area contributed by atoms with Gasteiger partial charge < -0.3 is 10.6 Å². The summed E-state index contributed by atoms with van der Waals surface area (Å²) in [5.74, 6) is 0.0395. The highest BCUT2D eigenvalue weighted by atomic mass is 16.2. The second-order valence-corrected chi connectivity index (χ2v) is 6.45. The van der Waals surface area contributed by atoms with E-state index >= 15 is 0 Å². The van der Waals surface area contributed by atoms with Crippen molar-refractivity contribution in [2.24, 2.45) is 11.3 Å². The van der Waals surface area contributed by atoms with Crippen LogP contribution in [0.4, 0.5) is 0 Å². The smallest absolute Gasteiger partial charge is 0.242 e. The van der Waals surface area contributed by atoms with Crippen molar-refractivity contribution in [3.8, 4) is 0 Å². The zero-order valence-electron chi connectivity index (χ0n) is 12.2. The van der Waals surface area contributed by atoms with Crippen LogP contribution in [0, 0.1) is 11.3 Å². The Balaban J connectivity index is 2.39. The van der Waals surface area contributed by atoms with Crippen LogP contribution in [-0.4, -0.2) is 23.9 Å². The van der Waals surface area contributed by atoms with Crippen LogP contribution >= 0.6 is 0 Å².